The Kier molecular flexibility index (Phi) is 10.4. The fourth-order valence-electron chi connectivity index (χ4n) is 4.84. The van der Waals surface area contributed by atoms with Crippen LogP contribution in [-0.2, 0) is 6.54 Å². The van der Waals surface area contributed by atoms with E-state index in [1.54, 1.807) is 7.11 Å². The minimum absolute atomic E-state index is 0.282. The first-order valence-electron chi connectivity index (χ1n) is 12.2. The summed E-state index contributed by atoms with van der Waals surface area (Å²) in [6.07, 6.45) is 9.14. The predicted molar refractivity (Wildman–Crippen MR) is 124 cm³/mol. The van der Waals surface area contributed by atoms with Gasteiger partial charge in [0.1, 0.15) is 12.7 Å². The number of ether oxygens (including phenoxy) is 2. The van der Waals surface area contributed by atoms with Gasteiger partial charge < -0.3 is 24.6 Å². The van der Waals surface area contributed by atoms with Crippen molar-refractivity contribution in [3.8, 4) is 11.5 Å². The van der Waals surface area contributed by atoms with Crippen LogP contribution < -0.4 is 9.47 Å². The Morgan fingerprint density at radius 3 is 2.35 bits per heavy atom. The van der Waals surface area contributed by atoms with Crippen LogP contribution in [0, 0.1) is 5.92 Å². The number of nitrogens with zero attached hydrogens (tertiary/aromatic N) is 2. The van der Waals surface area contributed by atoms with E-state index in [0.29, 0.717) is 24.8 Å². The molecule has 6 nitrogen and oxygen atoms in total. The number of β-amino-alcohol motifs (C(OH)–C–C–N with tert-alkyl or cyclic N) is 1. The molecule has 1 aromatic carbocycles. The second-order valence-corrected chi connectivity index (χ2v) is 9.25. The van der Waals surface area contributed by atoms with E-state index in [4.69, 9.17) is 14.6 Å². The van der Waals surface area contributed by atoms with Gasteiger partial charge in [0.25, 0.3) is 0 Å². The lowest BCUT2D eigenvalue weighted by Crippen LogP contribution is -2.37. The molecule has 1 unspecified atom stereocenters. The summed E-state index contributed by atoms with van der Waals surface area (Å²) in [5.41, 5.74) is 1.21. The van der Waals surface area contributed by atoms with Crippen LogP contribution in [0.2, 0.25) is 0 Å². The number of methoxy groups -OCH3 is 1. The van der Waals surface area contributed by atoms with Crippen molar-refractivity contribution in [2.45, 2.75) is 64.0 Å². The lowest BCUT2D eigenvalue weighted by Gasteiger charge is -2.31. The number of likely N-dealkylation sites (tertiary alicyclic amines) is 2. The third-order valence-corrected chi connectivity index (χ3v) is 6.73. The molecule has 0 radical (unpaired) electrons. The highest BCUT2D eigenvalue weighted by Gasteiger charge is 2.20. The van der Waals surface area contributed by atoms with Crippen molar-refractivity contribution >= 4 is 0 Å². The number of aliphatic hydroxyl groups is 2. The predicted octanol–water partition coefficient (Wildman–Crippen LogP) is 3.30. The maximum absolute atomic E-state index is 10.5. The van der Waals surface area contributed by atoms with Crippen molar-refractivity contribution in [2.24, 2.45) is 5.92 Å². The summed E-state index contributed by atoms with van der Waals surface area (Å²) in [5, 5.41) is 19.6. The second-order valence-electron chi connectivity index (χ2n) is 9.25. The summed E-state index contributed by atoms with van der Waals surface area (Å²) in [7, 11) is 1.67. The Morgan fingerprint density at radius 2 is 1.68 bits per heavy atom. The Hall–Kier alpha value is -1.34. The molecular formula is C25H42N2O4. The molecular weight excluding hydrogens is 392 g/mol. The Morgan fingerprint density at radius 1 is 0.968 bits per heavy atom. The zero-order valence-electron chi connectivity index (χ0n) is 19.3. The van der Waals surface area contributed by atoms with Crippen LogP contribution in [0.5, 0.6) is 11.5 Å². The maximum Gasteiger partial charge on any atom is 0.161 e. The normalized spacial score (nSPS) is 20.7. The minimum Gasteiger partial charge on any atom is -0.493 e. The van der Waals surface area contributed by atoms with Crippen molar-refractivity contribution in [3.63, 3.8) is 0 Å². The van der Waals surface area contributed by atoms with Gasteiger partial charge in [0.05, 0.1) is 7.11 Å². The molecule has 0 aromatic heterocycles. The van der Waals surface area contributed by atoms with Crippen LogP contribution in [0.3, 0.4) is 0 Å². The molecule has 0 amide bonds. The van der Waals surface area contributed by atoms with E-state index in [-0.39, 0.29) is 6.61 Å². The highest BCUT2D eigenvalue weighted by Crippen LogP contribution is 2.30. The lowest BCUT2D eigenvalue weighted by molar-refractivity contribution is 0.0644. The van der Waals surface area contributed by atoms with Gasteiger partial charge in [-0.15, -0.1) is 0 Å². The first-order chi connectivity index (χ1) is 15.2. The van der Waals surface area contributed by atoms with E-state index in [1.807, 2.05) is 6.07 Å². The first-order valence-corrected chi connectivity index (χ1v) is 12.2. The number of benzene rings is 1. The van der Waals surface area contributed by atoms with Crippen LogP contribution in [0.25, 0.3) is 0 Å². The molecule has 2 aliphatic rings. The topological polar surface area (TPSA) is 65.4 Å². The van der Waals surface area contributed by atoms with Gasteiger partial charge >= 0.3 is 0 Å². The van der Waals surface area contributed by atoms with Gasteiger partial charge in [0.2, 0.25) is 0 Å². The standard InChI is InChI=1S/C25H42N2O4/c1-30-25-17-22(18-27-14-9-21(10-15-27)11-16-28)7-8-24(25)31-20-23(29)19-26-12-5-3-2-4-6-13-26/h7-8,17,21,23,28-29H,2-6,9-16,18-20H2,1H3. The van der Waals surface area contributed by atoms with Gasteiger partial charge in [-0.3, -0.25) is 4.90 Å². The van der Waals surface area contributed by atoms with E-state index < -0.39 is 6.10 Å². The van der Waals surface area contributed by atoms with Crippen molar-refractivity contribution in [1.29, 1.82) is 0 Å². The fourth-order valence-corrected chi connectivity index (χ4v) is 4.84. The molecule has 0 aliphatic carbocycles. The number of aliphatic hydroxyl groups excluding tert-OH is 2. The summed E-state index contributed by atoms with van der Waals surface area (Å²) in [4.78, 5) is 4.84. The van der Waals surface area contributed by atoms with Crippen LogP contribution in [0.15, 0.2) is 18.2 Å². The minimum atomic E-state index is -0.496. The van der Waals surface area contributed by atoms with Gasteiger partial charge in [-0.2, -0.15) is 0 Å². The van der Waals surface area contributed by atoms with E-state index in [9.17, 15) is 5.11 Å². The largest absolute Gasteiger partial charge is 0.493 e. The van der Waals surface area contributed by atoms with Gasteiger partial charge in [-0.25, -0.2) is 0 Å². The Bertz CT molecular complexity index is 626. The van der Waals surface area contributed by atoms with Crippen LogP contribution in [0.4, 0.5) is 0 Å². The lowest BCUT2D eigenvalue weighted by atomic mass is 9.94. The zero-order chi connectivity index (χ0) is 21.9. The summed E-state index contributed by atoms with van der Waals surface area (Å²) >= 11 is 0. The first kappa shape index (κ1) is 24.3. The average Bonchev–Trinajstić information content (AvgIpc) is 2.76. The number of piperidine rings is 1. The molecule has 176 valence electrons. The molecule has 2 saturated heterocycles. The van der Waals surface area contributed by atoms with Crippen molar-refractivity contribution in [1.82, 2.24) is 9.80 Å². The maximum atomic E-state index is 10.5. The monoisotopic (exact) mass is 434 g/mol. The molecule has 2 heterocycles. The molecule has 2 fully saturated rings. The smallest absolute Gasteiger partial charge is 0.161 e. The van der Waals surface area contributed by atoms with E-state index in [2.05, 4.69) is 21.9 Å². The van der Waals surface area contributed by atoms with Crippen LogP contribution >= 0.6 is 0 Å². The van der Waals surface area contributed by atoms with E-state index in [1.165, 1.54) is 37.7 Å². The van der Waals surface area contributed by atoms with Gasteiger partial charge in [-0.1, -0.05) is 25.3 Å². The third-order valence-electron chi connectivity index (χ3n) is 6.73. The fraction of sp³-hybridized carbons (Fsp3) is 0.760. The molecule has 1 atom stereocenters. The molecule has 2 N–H and O–H groups in total. The summed E-state index contributed by atoms with van der Waals surface area (Å²) < 4.78 is 11.5. The molecule has 0 bridgehead atoms. The zero-order valence-corrected chi connectivity index (χ0v) is 19.3. The van der Waals surface area contributed by atoms with Gasteiger partial charge in [0, 0.05) is 19.7 Å². The SMILES string of the molecule is COc1cc(CN2CCC(CCO)CC2)ccc1OCC(O)CN1CCCCCCC1. The molecule has 3 rings (SSSR count). The number of hydrogen-bond donors (Lipinski definition) is 2. The Labute approximate surface area is 188 Å². The Balaban J connectivity index is 1.46. The number of hydrogen-bond acceptors (Lipinski definition) is 6. The number of rotatable bonds is 10. The van der Waals surface area contributed by atoms with E-state index >= 15 is 0 Å². The van der Waals surface area contributed by atoms with Gasteiger partial charge in [-0.05, 0) is 81.9 Å². The van der Waals surface area contributed by atoms with Gasteiger partial charge in [0.15, 0.2) is 11.5 Å². The quantitative estimate of drug-likeness (QED) is 0.589. The van der Waals surface area contributed by atoms with Crippen molar-refractivity contribution in [3.05, 3.63) is 23.8 Å². The highest BCUT2D eigenvalue weighted by molar-refractivity contribution is 5.43. The summed E-state index contributed by atoms with van der Waals surface area (Å²) in [6.45, 7) is 6.47. The molecule has 6 heteroatoms. The van der Waals surface area contributed by atoms with Crippen molar-refractivity contribution < 1.29 is 19.7 Å². The molecule has 0 spiro atoms. The average molecular weight is 435 g/mol. The third kappa shape index (κ3) is 8.26. The summed E-state index contributed by atoms with van der Waals surface area (Å²) in [6, 6.07) is 6.12. The van der Waals surface area contributed by atoms with Crippen molar-refractivity contribution in [2.75, 3.05) is 53.0 Å². The van der Waals surface area contributed by atoms with Crippen LogP contribution in [-0.4, -0.2) is 79.2 Å². The molecule has 2 aliphatic heterocycles. The summed E-state index contributed by atoms with van der Waals surface area (Å²) in [5.74, 6) is 2.09. The highest BCUT2D eigenvalue weighted by atomic mass is 16.5. The second kappa shape index (κ2) is 13.3. The molecule has 1 aromatic rings. The van der Waals surface area contributed by atoms with E-state index in [0.717, 1.165) is 57.7 Å². The van der Waals surface area contributed by atoms with Crippen LogP contribution in [0.1, 0.15) is 56.9 Å². The molecule has 31 heavy (non-hydrogen) atoms. The molecule has 0 saturated carbocycles.